The topological polar surface area (TPSA) is 81.6 Å². The molecule has 0 radical (unpaired) electrons. The largest absolute Gasteiger partial charge is 0.465 e. The molecule has 1 amide bonds. The number of rotatable bonds is 6. The first-order chi connectivity index (χ1) is 8.47. The fourth-order valence-corrected chi connectivity index (χ4v) is 1.94. The van der Waals surface area contributed by atoms with Crippen LogP contribution in [-0.2, 0) is 6.54 Å². The number of aliphatic hydroxyl groups is 1. The van der Waals surface area contributed by atoms with Crippen molar-refractivity contribution >= 4 is 29.3 Å². The lowest BCUT2D eigenvalue weighted by Crippen LogP contribution is -2.37. The Kier molecular flexibility index (Phi) is 6.21. The fourth-order valence-electron chi connectivity index (χ4n) is 1.37. The first-order valence-electron chi connectivity index (χ1n) is 5.28. The van der Waals surface area contributed by atoms with E-state index in [4.69, 9.17) is 28.3 Å². The monoisotopic (exact) mass is 292 g/mol. The van der Waals surface area contributed by atoms with E-state index in [9.17, 15) is 9.90 Å². The molecule has 0 bridgehead atoms. The standard InChI is InChI=1S/C11H14Cl2N2O3/c12-8-1-7(2-9(13)3-8)4-14-5-10(16)6-15-11(17)18/h1-3,10,14-16H,4-6H2,(H,17,18). The highest BCUT2D eigenvalue weighted by molar-refractivity contribution is 6.34. The van der Waals surface area contributed by atoms with E-state index < -0.39 is 12.2 Å². The molecule has 0 fully saturated rings. The molecule has 0 heterocycles. The summed E-state index contributed by atoms with van der Waals surface area (Å²) in [7, 11) is 0. The average Bonchev–Trinajstić information content (AvgIpc) is 2.25. The van der Waals surface area contributed by atoms with Gasteiger partial charge in [0.05, 0.1) is 6.10 Å². The molecule has 0 saturated carbocycles. The van der Waals surface area contributed by atoms with E-state index in [1.54, 1.807) is 18.2 Å². The van der Waals surface area contributed by atoms with Crippen LogP contribution in [0.1, 0.15) is 5.56 Å². The van der Waals surface area contributed by atoms with Crippen LogP contribution in [0.2, 0.25) is 10.0 Å². The van der Waals surface area contributed by atoms with Crippen LogP contribution in [0.3, 0.4) is 0 Å². The van der Waals surface area contributed by atoms with Crippen molar-refractivity contribution in [2.45, 2.75) is 12.6 Å². The first-order valence-corrected chi connectivity index (χ1v) is 6.03. The highest BCUT2D eigenvalue weighted by atomic mass is 35.5. The normalized spacial score (nSPS) is 12.2. The minimum Gasteiger partial charge on any atom is -0.465 e. The van der Waals surface area contributed by atoms with E-state index in [2.05, 4.69) is 10.6 Å². The van der Waals surface area contributed by atoms with Crippen molar-refractivity contribution in [1.82, 2.24) is 10.6 Å². The van der Waals surface area contributed by atoms with Crippen LogP contribution in [0.25, 0.3) is 0 Å². The number of nitrogens with one attached hydrogen (secondary N) is 2. The molecule has 18 heavy (non-hydrogen) atoms. The molecule has 1 rings (SSSR count). The van der Waals surface area contributed by atoms with Gasteiger partial charge in [0, 0.05) is 29.7 Å². The van der Waals surface area contributed by atoms with Gasteiger partial charge in [-0.15, -0.1) is 0 Å². The molecule has 1 aromatic rings. The van der Waals surface area contributed by atoms with Crippen molar-refractivity contribution in [3.05, 3.63) is 33.8 Å². The Morgan fingerprint density at radius 1 is 1.22 bits per heavy atom. The first kappa shape index (κ1) is 15.0. The smallest absolute Gasteiger partial charge is 0.404 e. The van der Waals surface area contributed by atoms with Gasteiger partial charge in [-0.05, 0) is 23.8 Å². The van der Waals surface area contributed by atoms with E-state index in [1.165, 1.54) is 0 Å². The number of hydrogen-bond acceptors (Lipinski definition) is 3. The molecule has 1 unspecified atom stereocenters. The molecule has 0 aliphatic heterocycles. The van der Waals surface area contributed by atoms with Crippen LogP contribution >= 0.6 is 23.2 Å². The Hall–Kier alpha value is -1.01. The molecular weight excluding hydrogens is 279 g/mol. The number of aliphatic hydroxyl groups excluding tert-OH is 1. The van der Waals surface area contributed by atoms with Crippen molar-refractivity contribution in [3.8, 4) is 0 Å². The quantitative estimate of drug-likeness (QED) is 0.643. The molecule has 0 aromatic heterocycles. The second-order valence-corrected chi connectivity index (χ2v) is 4.62. The Bertz CT molecular complexity index is 395. The van der Waals surface area contributed by atoms with E-state index in [0.29, 0.717) is 16.6 Å². The Labute approximate surface area is 115 Å². The third-order valence-electron chi connectivity index (χ3n) is 2.12. The average molecular weight is 293 g/mol. The van der Waals surface area contributed by atoms with Crippen LogP contribution in [0.15, 0.2) is 18.2 Å². The maximum absolute atomic E-state index is 10.2. The molecule has 0 aliphatic carbocycles. The van der Waals surface area contributed by atoms with E-state index in [-0.39, 0.29) is 13.1 Å². The van der Waals surface area contributed by atoms with E-state index in [0.717, 1.165) is 5.56 Å². The summed E-state index contributed by atoms with van der Waals surface area (Å²) in [5.41, 5.74) is 0.894. The van der Waals surface area contributed by atoms with Crippen LogP contribution in [0, 0.1) is 0 Å². The number of benzene rings is 1. The van der Waals surface area contributed by atoms with Gasteiger partial charge < -0.3 is 20.8 Å². The maximum Gasteiger partial charge on any atom is 0.404 e. The summed E-state index contributed by atoms with van der Waals surface area (Å²) in [6, 6.07) is 5.17. The van der Waals surface area contributed by atoms with E-state index in [1.807, 2.05) is 0 Å². The lowest BCUT2D eigenvalue weighted by atomic mass is 10.2. The molecular formula is C11H14Cl2N2O3. The van der Waals surface area contributed by atoms with E-state index >= 15 is 0 Å². The second-order valence-electron chi connectivity index (χ2n) is 3.75. The molecule has 0 spiro atoms. The van der Waals surface area contributed by atoms with Gasteiger partial charge in [-0.2, -0.15) is 0 Å². The molecule has 1 aromatic carbocycles. The van der Waals surface area contributed by atoms with Gasteiger partial charge in [-0.25, -0.2) is 4.79 Å². The molecule has 1 atom stereocenters. The highest BCUT2D eigenvalue weighted by Crippen LogP contribution is 2.18. The van der Waals surface area contributed by atoms with Crippen molar-refractivity contribution in [2.24, 2.45) is 0 Å². The number of hydrogen-bond donors (Lipinski definition) is 4. The zero-order valence-corrected chi connectivity index (χ0v) is 11.0. The van der Waals surface area contributed by atoms with Crippen LogP contribution in [0.5, 0.6) is 0 Å². The van der Waals surface area contributed by atoms with Crippen LogP contribution in [0.4, 0.5) is 4.79 Å². The number of carboxylic acid groups (broad SMARTS) is 1. The minimum absolute atomic E-state index is 0.0152. The van der Waals surface area contributed by atoms with Gasteiger partial charge in [-0.3, -0.25) is 0 Å². The van der Waals surface area contributed by atoms with Gasteiger partial charge in [0.25, 0.3) is 0 Å². The minimum atomic E-state index is -1.16. The van der Waals surface area contributed by atoms with Crippen molar-refractivity contribution in [3.63, 3.8) is 0 Å². The third kappa shape index (κ3) is 6.07. The summed E-state index contributed by atoms with van der Waals surface area (Å²) in [5.74, 6) is 0. The fraction of sp³-hybridized carbons (Fsp3) is 0.364. The summed E-state index contributed by atoms with van der Waals surface area (Å²) < 4.78 is 0. The van der Waals surface area contributed by atoms with Crippen LogP contribution < -0.4 is 10.6 Å². The third-order valence-corrected chi connectivity index (χ3v) is 2.56. The van der Waals surface area contributed by atoms with Gasteiger partial charge in [0.1, 0.15) is 0 Å². The summed E-state index contributed by atoms with van der Waals surface area (Å²) >= 11 is 11.7. The van der Waals surface area contributed by atoms with Crippen LogP contribution in [-0.4, -0.2) is 35.5 Å². The second kappa shape index (κ2) is 7.43. The molecule has 0 saturated heterocycles. The number of halogens is 2. The molecule has 4 N–H and O–H groups in total. The van der Waals surface area contributed by atoms with Gasteiger partial charge in [-0.1, -0.05) is 23.2 Å². The lowest BCUT2D eigenvalue weighted by Gasteiger charge is -2.11. The van der Waals surface area contributed by atoms with Crippen molar-refractivity contribution in [1.29, 1.82) is 0 Å². The van der Waals surface area contributed by atoms with Crippen molar-refractivity contribution in [2.75, 3.05) is 13.1 Å². The Balaban J connectivity index is 2.30. The number of amides is 1. The zero-order valence-electron chi connectivity index (χ0n) is 9.49. The van der Waals surface area contributed by atoms with Gasteiger partial charge in [0.15, 0.2) is 0 Å². The SMILES string of the molecule is O=C(O)NCC(O)CNCc1cc(Cl)cc(Cl)c1. The maximum atomic E-state index is 10.2. The molecule has 0 aliphatic rings. The number of carbonyl (C=O) groups is 1. The summed E-state index contributed by atoms with van der Waals surface area (Å²) in [5, 5.41) is 24.0. The summed E-state index contributed by atoms with van der Waals surface area (Å²) in [4.78, 5) is 10.2. The zero-order chi connectivity index (χ0) is 13.5. The Morgan fingerprint density at radius 2 is 1.83 bits per heavy atom. The van der Waals surface area contributed by atoms with Gasteiger partial charge in [0.2, 0.25) is 0 Å². The predicted octanol–water partition coefficient (Wildman–Crippen LogP) is 1.71. The Morgan fingerprint density at radius 3 is 2.39 bits per heavy atom. The molecule has 5 nitrogen and oxygen atoms in total. The van der Waals surface area contributed by atoms with Crippen molar-refractivity contribution < 1.29 is 15.0 Å². The summed E-state index contributed by atoms with van der Waals surface area (Å²) in [6.07, 6.45) is -1.94. The molecule has 100 valence electrons. The summed E-state index contributed by atoms with van der Waals surface area (Å²) in [6.45, 7) is 0.744. The highest BCUT2D eigenvalue weighted by Gasteiger charge is 2.05. The predicted molar refractivity (Wildman–Crippen MR) is 70.2 cm³/mol. The lowest BCUT2D eigenvalue weighted by molar-refractivity contribution is 0.155. The van der Waals surface area contributed by atoms with Gasteiger partial charge >= 0.3 is 6.09 Å². The molecule has 7 heteroatoms.